The topological polar surface area (TPSA) is 129 Å². The summed E-state index contributed by atoms with van der Waals surface area (Å²) in [6.45, 7) is 1.15. The van der Waals surface area contributed by atoms with Gasteiger partial charge in [0.05, 0.1) is 23.4 Å². The third-order valence-corrected chi connectivity index (χ3v) is 5.95. The Labute approximate surface area is 202 Å². The molecule has 0 radical (unpaired) electrons. The first-order valence-electron chi connectivity index (χ1n) is 11.2. The number of carbonyl (C=O) groups excluding carboxylic acids is 2. The molecule has 1 saturated heterocycles. The van der Waals surface area contributed by atoms with Crippen molar-refractivity contribution in [3.05, 3.63) is 46.5 Å². The number of oxime groups is 1. The first-order chi connectivity index (χ1) is 16.4. The van der Waals surface area contributed by atoms with Gasteiger partial charge in [-0.1, -0.05) is 35.0 Å². The number of rotatable bonds is 3. The van der Waals surface area contributed by atoms with Gasteiger partial charge in [0.2, 0.25) is 0 Å². The highest BCUT2D eigenvalue weighted by Crippen LogP contribution is 2.37. The van der Waals surface area contributed by atoms with Crippen molar-refractivity contribution in [3.8, 4) is 11.5 Å². The minimum atomic E-state index is -0.815. The Bertz CT molecular complexity index is 984. The molecule has 2 heterocycles. The predicted octanol–water partition coefficient (Wildman–Crippen LogP) is 3.10. The van der Waals surface area contributed by atoms with Gasteiger partial charge in [0.1, 0.15) is 17.1 Å². The van der Waals surface area contributed by atoms with E-state index < -0.39 is 23.6 Å². The smallest absolute Gasteiger partial charge is 0.342 e. The van der Waals surface area contributed by atoms with Crippen LogP contribution in [-0.4, -0.2) is 70.2 Å². The predicted molar refractivity (Wildman–Crippen MR) is 126 cm³/mol. The molecule has 0 bridgehead atoms. The van der Waals surface area contributed by atoms with Crippen molar-refractivity contribution in [2.24, 2.45) is 5.16 Å². The molecular formula is C24H29ClN2O7. The third-order valence-electron chi connectivity index (χ3n) is 5.53. The molecule has 0 aliphatic carbocycles. The molecule has 1 unspecified atom stereocenters. The van der Waals surface area contributed by atoms with Gasteiger partial charge in [0, 0.05) is 25.6 Å². The number of aliphatic hydroxyl groups is 1. The number of cyclic esters (lactones) is 1. The molecular weight excluding hydrogens is 464 g/mol. The molecule has 34 heavy (non-hydrogen) atoms. The average Bonchev–Trinajstić information content (AvgIpc) is 2.81. The molecule has 1 aromatic rings. The maximum atomic E-state index is 12.7. The second-order valence-electron chi connectivity index (χ2n) is 8.11. The van der Waals surface area contributed by atoms with Crippen molar-refractivity contribution in [1.29, 1.82) is 0 Å². The van der Waals surface area contributed by atoms with Gasteiger partial charge >= 0.3 is 5.97 Å². The minimum Gasteiger partial charge on any atom is -0.507 e. The van der Waals surface area contributed by atoms with E-state index in [9.17, 15) is 24.9 Å². The lowest BCUT2D eigenvalue weighted by Gasteiger charge is -2.26. The second-order valence-corrected chi connectivity index (χ2v) is 8.49. The number of piperidine rings is 1. The van der Waals surface area contributed by atoms with Crippen molar-refractivity contribution >= 4 is 29.2 Å². The lowest BCUT2D eigenvalue weighted by Crippen LogP contribution is -2.37. The standard InChI is InChI=1S/C24H29ClN2O7/c25-23-18-13-16(26-34-15-21(31)27-10-3-1-4-11-27)7-6-9-17(28)8-2-5-12-33-24(32)22(18)19(29)14-20(23)30/h2,6-8,14,17,28-30H,1,3-5,9-13,15H2. The number of likely N-dealkylation sites (tertiary alicyclic amines) is 1. The number of phenols is 2. The highest BCUT2D eigenvalue weighted by molar-refractivity contribution is 6.33. The van der Waals surface area contributed by atoms with Crippen LogP contribution < -0.4 is 0 Å². The Morgan fingerprint density at radius 1 is 1.21 bits per heavy atom. The number of phenolic OH excluding ortho intramolecular Hbond substituents is 2. The number of aliphatic hydroxyl groups excluding tert-OH is 1. The molecule has 0 saturated carbocycles. The molecule has 3 rings (SSSR count). The summed E-state index contributed by atoms with van der Waals surface area (Å²) in [5.41, 5.74) is 0.182. The van der Waals surface area contributed by atoms with Crippen molar-refractivity contribution in [2.75, 3.05) is 26.3 Å². The minimum absolute atomic E-state index is 0.0257. The normalized spacial score (nSPS) is 21.0. The fraction of sp³-hybridized carbons (Fsp3) is 0.458. The molecule has 184 valence electrons. The first-order valence-corrected chi connectivity index (χ1v) is 11.6. The summed E-state index contributed by atoms with van der Waals surface area (Å²) >= 11 is 6.27. The number of hydrogen-bond donors (Lipinski definition) is 3. The van der Waals surface area contributed by atoms with Gasteiger partial charge < -0.3 is 29.8 Å². The zero-order valence-corrected chi connectivity index (χ0v) is 19.5. The molecule has 0 spiro atoms. The fourth-order valence-electron chi connectivity index (χ4n) is 3.75. The number of benzene rings is 1. The number of nitrogens with zero attached hydrogens (tertiary/aromatic N) is 2. The van der Waals surface area contributed by atoms with E-state index >= 15 is 0 Å². The van der Waals surface area contributed by atoms with E-state index in [-0.39, 0.29) is 53.8 Å². The van der Waals surface area contributed by atoms with Gasteiger partial charge in [-0.15, -0.1) is 0 Å². The number of hydrogen-bond acceptors (Lipinski definition) is 8. The summed E-state index contributed by atoms with van der Waals surface area (Å²) < 4.78 is 5.23. The number of amides is 1. The molecule has 1 amide bonds. The molecule has 10 heteroatoms. The Hall–Kier alpha value is -3.04. The number of esters is 1. The van der Waals surface area contributed by atoms with E-state index in [1.54, 1.807) is 29.2 Å². The van der Waals surface area contributed by atoms with E-state index in [4.69, 9.17) is 21.2 Å². The van der Waals surface area contributed by atoms with Gasteiger partial charge in [0.15, 0.2) is 6.61 Å². The number of aromatic hydroxyl groups is 2. The first kappa shape index (κ1) is 25.6. The summed E-state index contributed by atoms with van der Waals surface area (Å²) in [7, 11) is 0. The lowest BCUT2D eigenvalue weighted by atomic mass is 9.99. The molecule has 2 aliphatic heterocycles. The van der Waals surface area contributed by atoms with Crippen LogP contribution in [0.4, 0.5) is 0 Å². The number of ether oxygens (including phenoxy) is 1. The van der Waals surface area contributed by atoms with Gasteiger partial charge in [-0.3, -0.25) is 4.79 Å². The Morgan fingerprint density at radius 2 is 1.97 bits per heavy atom. The maximum absolute atomic E-state index is 12.7. The summed E-state index contributed by atoms with van der Waals surface area (Å²) in [5, 5.41) is 34.4. The average molecular weight is 493 g/mol. The van der Waals surface area contributed by atoms with Gasteiger partial charge in [-0.2, -0.15) is 0 Å². The number of allylic oxidation sites excluding steroid dienone is 1. The van der Waals surface area contributed by atoms with Crippen molar-refractivity contribution < 1.29 is 34.5 Å². The largest absolute Gasteiger partial charge is 0.507 e. The van der Waals surface area contributed by atoms with Gasteiger partial charge in [-0.05, 0) is 43.7 Å². The number of carbonyl (C=O) groups is 2. The number of fused-ring (bicyclic) bond motifs is 1. The van der Waals surface area contributed by atoms with Crippen LogP contribution in [0.1, 0.15) is 48.0 Å². The van der Waals surface area contributed by atoms with Crippen molar-refractivity contribution in [3.63, 3.8) is 0 Å². The van der Waals surface area contributed by atoms with Crippen molar-refractivity contribution in [1.82, 2.24) is 4.90 Å². The lowest BCUT2D eigenvalue weighted by molar-refractivity contribution is -0.137. The van der Waals surface area contributed by atoms with E-state index in [0.717, 1.165) is 25.3 Å². The summed E-state index contributed by atoms with van der Waals surface area (Å²) in [6, 6.07) is 0.974. The second kappa shape index (κ2) is 12.4. The summed E-state index contributed by atoms with van der Waals surface area (Å²) in [4.78, 5) is 32.1. The van der Waals surface area contributed by atoms with E-state index in [1.165, 1.54) is 0 Å². The van der Waals surface area contributed by atoms with E-state index in [1.807, 2.05) is 0 Å². The molecule has 2 aliphatic rings. The van der Waals surface area contributed by atoms with Gasteiger partial charge in [-0.25, -0.2) is 4.79 Å². The maximum Gasteiger partial charge on any atom is 0.342 e. The van der Waals surface area contributed by atoms with Crippen LogP contribution in [0.3, 0.4) is 0 Å². The van der Waals surface area contributed by atoms with Crippen LogP contribution in [0.2, 0.25) is 5.02 Å². The SMILES string of the molecule is O=C1OCCC=CC(O)CC=CC(=NOCC(=O)N2CCCCC2)Cc2c(Cl)c(O)cc(O)c21. The Balaban J connectivity index is 1.88. The van der Waals surface area contributed by atoms with Crippen molar-refractivity contribution in [2.45, 2.75) is 44.6 Å². The molecule has 9 nitrogen and oxygen atoms in total. The fourth-order valence-corrected chi connectivity index (χ4v) is 3.97. The van der Waals surface area contributed by atoms with Crippen LogP contribution in [0, 0.1) is 0 Å². The third kappa shape index (κ3) is 6.98. The van der Waals surface area contributed by atoms with E-state index in [0.29, 0.717) is 19.5 Å². The van der Waals surface area contributed by atoms with Gasteiger partial charge in [0.25, 0.3) is 5.91 Å². The molecule has 0 aromatic heterocycles. The molecule has 1 fully saturated rings. The van der Waals surface area contributed by atoms with Crippen LogP contribution >= 0.6 is 11.6 Å². The Morgan fingerprint density at radius 3 is 2.74 bits per heavy atom. The van der Waals surface area contributed by atoms with Crippen LogP contribution in [-0.2, 0) is 20.8 Å². The highest BCUT2D eigenvalue weighted by Gasteiger charge is 2.25. The van der Waals surface area contributed by atoms with Crippen LogP contribution in [0.25, 0.3) is 0 Å². The van der Waals surface area contributed by atoms with Crippen LogP contribution in [0.5, 0.6) is 11.5 Å². The van der Waals surface area contributed by atoms with E-state index in [2.05, 4.69) is 5.16 Å². The zero-order chi connectivity index (χ0) is 24.5. The molecule has 1 aromatic carbocycles. The van der Waals surface area contributed by atoms with Crippen LogP contribution in [0.15, 0.2) is 35.5 Å². The quantitative estimate of drug-likeness (QED) is 0.336. The Kier molecular flexibility index (Phi) is 9.35. The summed E-state index contributed by atoms with van der Waals surface area (Å²) in [6.07, 6.45) is 9.34. The monoisotopic (exact) mass is 492 g/mol. The zero-order valence-electron chi connectivity index (χ0n) is 18.8. The molecule has 3 N–H and O–H groups in total. The molecule has 1 atom stereocenters. The number of halogens is 1. The summed E-state index contributed by atoms with van der Waals surface area (Å²) in [5.74, 6) is -1.88. The highest BCUT2D eigenvalue weighted by atomic mass is 35.5.